The molecule has 0 aliphatic heterocycles. The first kappa shape index (κ1) is 24.1. The Balaban J connectivity index is 1.54. The first-order chi connectivity index (χ1) is 18.6. The van der Waals surface area contributed by atoms with Crippen LogP contribution in [-0.2, 0) is 11.3 Å². The highest BCUT2D eigenvalue weighted by Gasteiger charge is 2.31. The van der Waals surface area contributed by atoms with Crippen molar-refractivity contribution in [2.75, 3.05) is 26.1 Å². The van der Waals surface area contributed by atoms with Crippen LogP contribution in [0.15, 0.2) is 67.1 Å². The molecule has 4 aromatic heterocycles. The maximum atomic E-state index is 12.7. The zero-order valence-corrected chi connectivity index (χ0v) is 21.8. The van der Waals surface area contributed by atoms with Gasteiger partial charge < -0.3 is 19.5 Å². The van der Waals surface area contributed by atoms with Crippen molar-refractivity contribution in [1.82, 2.24) is 29.5 Å². The lowest BCUT2D eigenvalue weighted by atomic mass is 10.1. The first-order valence-electron chi connectivity index (χ1n) is 12.9. The molecule has 4 heterocycles. The number of methoxy groups -OCH3 is 1. The fourth-order valence-corrected chi connectivity index (χ4v) is 5.63. The molecular formula is C29H31N7O2. The summed E-state index contributed by atoms with van der Waals surface area (Å²) >= 11 is 0. The summed E-state index contributed by atoms with van der Waals surface area (Å²) in [7, 11) is 5.43. The van der Waals surface area contributed by atoms with Gasteiger partial charge in [-0.1, -0.05) is 30.3 Å². The number of nitrogens with one attached hydrogen (secondary N) is 1. The van der Waals surface area contributed by atoms with E-state index in [4.69, 9.17) is 14.7 Å². The van der Waals surface area contributed by atoms with Gasteiger partial charge in [-0.15, -0.1) is 0 Å². The lowest BCUT2D eigenvalue weighted by Gasteiger charge is -2.21. The molecule has 1 amide bonds. The summed E-state index contributed by atoms with van der Waals surface area (Å²) in [5, 5.41) is 8.29. The number of pyridine rings is 1. The van der Waals surface area contributed by atoms with Crippen LogP contribution in [0, 0.1) is 0 Å². The van der Waals surface area contributed by atoms with Gasteiger partial charge in [-0.3, -0.25) is 4.79 Å². The number of carbonyl (C=O) groups excluding carboxylic acids is 1. The van der Waals surface area contributed by atoms with Crippen LogP contribution in [0.4, 0.5) is 5.82 Å². The quantitative estimate of drug-likeness (QED) is 0.348. The average Bonchev–Trinajstić information content (AvgIpc) is 3.69. The fraction of sp³-hybridized carbons (Fsp3) is 0.310. The molecule has 1 aliphatic rings. The van der Waals surface area contributed by atoms with E-state index >= 15 is 0 Å². The Kier molecular flexibility index (Phi) is 6.29. The van der Waals surface area contributed by atoms with Crippen molar-refractivity contribution in [3.8, 4) is 11.3 Å². The molecule has 1 N–H and O–H groups in total. The number of hydrogen-bond donors (Lipinski definition) is 1. The van der Waals surface area contributed by atoms with Gasteiger partial charge in [-0.05, 0) is 37.0 Å². The minimum Gasteiger partial charge on any atom is -0.379 e. The van der Waals surface area contributed by atoms with E-state index in [1.807, 2.05) is 43.6 Å². The molecule has 38 heavy (non-hydrogen) atoms. The summed E-state index contributed by atoms with van der Waals surface area (Å²) in [4.78, 5) is 24.6. The highest BCUT2D eigenvalue weighted by Crippen LogP contribution is 2.39. The Bertz CT molecular complexity index is 1610. The van der Waals surface area contributed by atoms with Crippen molar-refractivity contribution < 1.29 is 9.53 Å². The second-order valence-corrected chi connectivity index (χ2v) is 9.81. The van der Waals surface area contributed by atoms with Crippen LogP contribution in [0.25, 0.3) is 27.9 Å². The molecule has 9 nitrogen and oxygen atoms in total. The Labute approximate surface area is 221 Å². The number of nitrogens with zero attached hydrogens (tertiary/aromatic N) is 6. The molecular weight excluding hydrogens is 478 g/mol. The molecule has 2 atom stereocenters. The van der Waals surface area contributed by atoms with Gasteiger partial charge in [-0.25, -0.2) is 9.97 Å². The molecule has 9 heteroatoms. The zero-order valence-electron chi connectivity index (χ0n) is 21.8. The third kappa shape index (κ3) is 4.09. The highest BCUT2D eigenvalue weighted by atomic mass is 16.5. The topological polar surface area (TPSA) is 89.6 Å². The van der Waals surface area contributed by atoms with E-state index < -0.39 is 0 Å². The molecule has 0 spiro atoms. The van der Waals surface area contributed by atoms with Crippen LogP contribution in [0.3, 0.4) is 0 Å². The minimum atomic E-state index is -0.223. The molecule has 194 valence electrons. The molecule has 5 aromatic rings. The molecule has 0 radical (unpaired) electrons. The summed E-state index contributed by atoms with van der Waals surface area (Å²) in [5.74, 6) is 0.615. The number of amides is 1. The fourth-order valence-electron chi connectivity index (χ4n) is 5.63. The van der Waals surface area contributed by atoms with Gasteiger partial charge in [0.2, 0.25) is 0 Å². The van der Waals surface area contributed by atoms with Crippen LogP contribution in [0.2, 0.25) is 0 Å². The summed E-state index contributed by atoms with van der Waals surface area (Å²) in [6.07, 6.45) is 8.90. The first-order valence-corrected chi connectivity index (χ1v) is 12.9. The predicted octanol–water partition coefficient (Wildman–Crippen LogP) is 4.48. The van der Waals surface area contributed by atoms with Gasteiger partial charge in [0, 0.05) is 57.2 Å². The van der Waals surface area contributed by atoms with E-state index in [-0.39, 0.29) is 18.1 Å². The van der Waals surface area contributed by atoms with Crippen molar-refractivity contribution in [3.63, 3.8) is 0 Å². The maximum absolute atomic E-state index is 12.7. The summed E-state index contributed by atoms with van der Waals surface area (Å²) in [6.45, 7) is 0.676. The van der Waals surface area contributed by atoms with Crippen LogP contribution in [0.1, 0.15) is 41.2 Å². The van der Waals surface area contributed by atoms with Crippen molar-refractivity contribution in [1.29, 1.82) is 0 Å². The molecule has 6 rings (SSSR count). The van der Waals surface area contributed by atoms with Crippen molar-refractivity contribution in [2.24, 2.45) is 0 Å². The largest absolute Gasteiger partial charge is 0.379 e. The molecule has 1 aliphatic carbocycles. The van der Waals surface area contributed by atoms with E-state index in [1.165, 1.54) is 5.56 Å². The SMILES string of the molecule is CNC(=O)c1cnn2c(N(C)Cc3ccccc3)cc(-c3cn([C@H]4CCC[C@@H]4OC)c4ncccc34)nc12. The van der Waals surface area contributed by atoms with Crippen molar-refractivity contribution in [2.45, 2.75) is 38.0 Å². The lowest BCUT2D eigenvalue weighted by Crippen LogP contribution is -2.21. The number of fused-ring (bicyclic) bond motifs is 2. The Morgan fingerprint density at radius 3 is 2.79 bits per heavy atom. The Morgan fingerprint density at radius 2 is 2.00 bits per heavy atom. The minimum absolute atomic E-state index is 0.151. The highest BCUT2D eigenvalue weighted by molar-refractivity contribution is 6.00. The number of hydrogen-bond acceptors (Lipinski definition) is 6. The number of rotatable bonds is 7. The second-order valence-electron chi connectivity index (χ2n) is 9.81. The van der Waals surface area contributed by atoms with Crippen LogP contribution in [0.5, 0.6) is 0 Å². The molecule has 1 fully saturated rings. The lowest BCUT2D eigenvalue weighted by molar-refractivity contribution is 0.0762. The maximum Gasteiger partial charge on any atom is 0.256 e. The average molecular weight is 510 g/mol. The third-order valence-corrected chi connectivity index (χ3v) is 7.52. The normalized spacial score (nSPS) is 17.3. The number of anilines is 1. The zero-order chi connectivity index (χ0) is 26.2. The molecule has 1 aromatic carbocycles. The van der Waals surface area contributed by atoms with Gasteiger partial charge in [0.15, 0.2) is 5.65 Å². The number of aromatic nitrogens is 5. The van der Waals surface area contributed by atoms with Crippen molar-refractivity contribution >= 4 is 28.4 Å². The Hall–Kier alpha value is -4.24. The number of benzene rings is 1. The van der Waals surface area contributed by atoms with E-state index in [0.717, 1.165) is 47.4 Å². The van der Waals surface area contributed by atoms with E-state index in [1.54, 1.807) is 24.9 Å². The van der Waals surface area contributed by atoms with Gasteiger partial charge in [0.25, 0.3) is 5.91 Å². The van der Waals surface area contributed by atoms with Gasteiger partial charge in [0.05, 0.1) is 24.0 Å². The van der Waals surface area contributed by atoms with Crippen LogP contribution in [-0.4, -0.2) is 57.4 Å². The van der Waals surface area contributed by atoms with Crippen LogP contribution < -0.4 is 10.2 Å². The summed E-state index contributed by atoms with van der Waals surface area (Å²) in [6, 6.07) is 16.6. The summed E-state index contributed by atoms with van der Waals surface area (Å²) < 4.78 is 9.82. The van der Waals surface area contributed by atoms with E-state index in [9.17, 15) is 4.79 Å². The van der Waals surface area contributed by atoms with Crippen LogP contribution >= 0.6 is 0 Å². The number of carbonyl (C=O) groups is 1. The third-order valence-electron chi connectivity index (χ3n) is 7.52. The molecule has 0 bridgehead atoms. The van der Waals surface area contributed by atoms with E-state index in [2.05, 4.69) is 44.3 Å². The Morgan fingerprint density at radius 1 is 1.16 bits per heavy atom. The summed E-state index contributed by atoms with van der Waals surface area (Å²) in [5.41, 5.74) is 4.76. The second kappa shape index (κ2) is 9.90. The smallest absolute Gasteiger partial charge is 0.256 e. The molecule has 0 unspecified atom stereocenters. The van der Waals surface area contributed by atoms with Crippen molar-refractivity contribution in [3.05, 3.63) is 78.2 Å². The van der Waals surface area contributed by atoms with Gasteiger partial charge in [0.1, 0.15) is 17.0 Å². The van der Waals surface area contributed by atoms with Gasteiger partial charge in [-0.2, -0.15) is 9.61 Å². The standard InChI is InChI=1S/C29H31N7O2/c1-30-29(37)21-16-32-36-26(34(2)17-19-9-5-4-6-10-19)15-23(33-28(21)36)22-18-35(24-12-7-13-25(24)38-3)27-20(22)11-8-14-31-27/h4-6,8-11,14-16,18,24-25H,7,12-13,17H2,1-3H3,(H,30,37)/t24-,25-/m0/s1. The number of ether oxygens (including phenoxy) is 1. The van der Waals surface area contributed by atoms with E-state index in [0.29, 0.717) is 17.8 Å². The molecule has 0 saturated heterocycles. The predicted molar refractivity (Wildman–Crippen MR) is 147 cm³/mol. The monoisotopic (exact) mass is 509 g/mol. The van der Waals surface area contributed by atoms with Gasteiger partial charge >= 0.3 is 0 Å². The molecule has 1 saturated carbocycles.